The van der Waals surface area contributed by atoms with Crippen molar-refractivity contribution in [3.63, 3.8) is 0 Å². The zero-order chi connectivity index (χ0) is 14.2. The van der Waals surface area contributed by atoms with E-state index in [9.17, 15) is 23.3 Å². The van der Waals surface area contributed by atoms with Gasteiger partial charge in [0.25, 0.3) is 5.69 Å². The van der Waals surface area contributed by atoms with Gasteiger partial charge in [-0.05, 0) is 12.1 Å². The number of nitro groups is 1. The second kappa shape index (κ2) is 4.65. The van der Waals surface area contributed by atoms with Crippen LogP contribution in [0.4, 0.5) is 18.9 Å². The van der Waals surface area contributed by atoms with Gasteiger partial charge < -0.3 is 0 Å². The van der Waals surface area contributed by atoms with Crippen molar-refractivity contribution in [3.8, 4) is 5.69 Å². The highest BCUT2D eigenvalue weighted by molar-refractivity contribution is 9.10. The summed E-state index contributed by atoms with van der Waals surface area (Å²) in [4.78, 5) is 10.2. The molecule has 1 aromatic carbocycles. The van der Waals surface area contributed by atoms with Crippen molar-refractivity contribution in [1.82, 2.24) is 9.78 Å². The maximum absolute atomic E-state index is 12.4. The molecule has 0 amide bonds. The van der Waals surface area contributed by atoms with Gasteiger partial charge in [-0.1, -0.05) is 15.9 Å². The Morgan fingerprint density at radius 1 is 1.37 bits per heavy atom. The Bertz CT molecular complexity index is 639. The van der Waals surface area contributed by atoms with E-state index in [0.717, 1.165) is 4.68 Å². The van der Waals surface area contributed by atoms with Gasteiger partial charge in [-0.3, -0.25) is 10.1 Å². The molecule has 0 aliphatic rings. The van der Waals surface area contributed by atoms with E-state index >= 15 is 0 Å². The first-order valence-corrected chi connectivity index (χ1v) is 5.64. The van der Waals surface area contributed by atoms with Gasteiger partial charge >= 0.3 is 6.18 Å². The van der Waals surface area contributed by atoms with E-state index in [4.69, 9.17) is 0 Å². The van der Waals surface area contributed by atoms with Gasteiger partial charge in [0.1, 0.15) is 5.69 Å². The predicted molar refractivity (Wildman–Crippen MR) is 62.9 cm³/mol. The predicted octanol–water partition coefficient (Wildman–Crippen LogP) is 3.56. The summed E-state index contributed by atoms with van der Waals surface area (Å²) in [5.74, 6) is 0. The number of rotatable bonds is 2. The average Bonchev–Trinajstić information content (AvgIpc) is 2.77. The van der Waals surface area contributed by atoms with Crippen LogP contribution in [0.5, 0.6) is 0 Å². The quantitative estimate of drug-likeness (QED) is 0.622. The molecule has 1 aromatic heterocycles. The Hall–Kier alpha value is -1.90. The number of hydrogen-bond acceptors (Lipinski definition) is 3. The van der Waals surface area contributed by atoms with E-state index in [-0.39, 0.29) is 11.4 Å². The third-order valence-electron chi connectivity index (χ3n) is 2.29. The van der Waals surface area contributed by atoms with E-state index < -0.39 is 16.7 Å². The van der Waals surface area contributed by atoms with Crippen LogP contribution in [0.3, 0.4) is 0 Å². The first-order valence-electron chi connectivity index (χ1n) is 4.85. The van der Waals surface area contributed by atoms with Crippen LogP contribution in [0.1, 0.15) is 5.56 Å². The van der Waals surface area contributed by atoms with Crippen LogP contribution < -0.4 is 0 Å². The Morgan fingerprint density at radius 2 is 2.05 bits per heavy atom. The van der Waals surface area contributed by atoms with Crippen LogP contribution in [-0.4, -0.2) is 14.7 Å². The van der Waals surface area contributed by atoms with Crippen LogP contribution in [-0.2, 0) is 6.18 Å². The van der Waals surface area contributed by atoms with E-state index in [2.05, 4.69) is 21.0 Å². The molecule has 0 radical (unpaired) electrons. The van der Waals surface area contributed by atoms with Crippen molar-refractivity contribution < 1.29 is 18.1 Å². The second-order valence-corrected chi connectivity index (χ2v) is 4.48. The smallest absolute Gasteiger partial charge is 0.258 e. The number of hydrogen-bond donors (Lipinski definition) is 0. The summed E-state index contributed by atoms with van der Waals surface area (Å²) in [7, 11) is 0. The molecule has 0 unspecified atom stereocenters. The molecule has 1 heterocycles. The third-order valence-corrected chi connectivity index (χ3v) is 2.78. The van der Waals surface area contributed by atoms with Crippen molar-refractivity contribution in [2.24, 2.45) is 0 Å². The van der Waals surface area contributed by atoms with Crippen LogP contribution in [0, 0.1) is 10.1 Å². The molecule has 2 rings (SSSR count). The summed E-state index contributed by atoms with van der Waals surface area (Å²) in [6, 6.07) is 4.00. The van der Waals surface area contributed by atoms with Gasteiger partial charge in [-0.15, -0.1) is 0 Å². The summed E-state index contributed by atoms with van der Waals surface area (Å²) in [5, 5.41) is 14.4. The average molecular weight is 336 g/mol. The monoisotopic (exact) mass is 335 g/mol. The lowest BCUT2D eigenvalue weighted by atomic mass is 10.2. The van der Waals surface area contributed by atoms with Gasteiger partial charge in [0.2, 0.25) is 0 Å². The van der Waals surface area contributed by atoms with Crippen LogP contribution in [0.15, 0.2) is 35.1 Å². The number of benzene rings is 1. The molecule has 5 nitrogen and oxygen atoms in total. The molecule has 0 spiro atoms. The highest BCUT2D eigenvalue weighted by Crippen LogP contribution is 2.31. The Morgan fingerprint density at radius 3 is 2.58 bits per heavy atom. The molecule has 0 fully saturated rings. The number of nitro benzene ring substituents is 1. The van der Waals surface area contributed by atoms with Gasteiger partial charge in [-0.25, -0.2) is 4.68 Å². The first-order chi connectivity index (χ1) is 8.79. The lowest BCUT2D eigenvalue weighted by Crippen LogP contribution is -2.03. The first kappa shape index (κ1) is 13.5. The molecule has 0 saturated carbocycles. The second-order valence-electron chi connectivity index (χ2n) is 3.56. The normalized spacial score (nSPS) is 11.6. The molecule has 100 valence electrons. The molecule has 19 heavy (non-hydrogen) atoms. The van der Waals surface area contributed by atoms with E-state index in [1.54, 1.807) is 0 Å². The lowest BCUT2D eigenvalue weighted by Gasteiger charge is -2.04. The molecule has 0 atom stereocenters. The number of alkyl halides is 3. The standard InChI is InChI=1S/C10H5BrF3N3O2/c11-7-1-2-8(9(3-7)17(18)19)16-5-6(4-15-16)10(12,13)14/h1-5H. The molecule has 0 saturated heterocycles. The van der Waals surface area contributed by atoms with Gasteiger partial charge in [-0.2, -0.15) is 18.3 Å². The SMILES string of the molecule is O=[N+]([O-])c1cc(Br)ccc1-n1cc(C(F)(F)F)cn1. The Balaban J connectivity index is 2.53. The summed E-state index contributed by atoms with van der Waals surface area (Å²) < 4.78 is 38.6. The minimum atomic E-state index is -4.54. The molecule has 0 bridgehead atoms. The fraction of sp³-hybridized carbons (Fsp3) is 0.100. The molecule has 0 aliphatic carbocycles. The highest BCUT2D eigenvalue weighted by atomic mass is 79.9. The van der Waals surface area contributed by atoms with Crippen LogP contribution in [0.25, 0.3) is 5.69 Å². The van der Waals surface area contributed by atoms with E-state index in [1.165, 1.54) is 18.2 Å². The molecule has 0 aliphatic heterocycles. The van der Waals surface area contributed by atoms with Crippen molar-refractivity contribution in [3.05, 3.63) is 50.7 Å². The summed E-state index contributed by atoms with van der Waals surface area (Å²) in [6.45, 7) is 0. The zero-order valence-electron chi connectivity index (χ0n) is 9.06. The van der Waals surface area contributed by atoms with E-state index in [0.29, 0.717) is 16.9 Å². The largest absolute Gasteiger partial charge is 0.419 e. The topological polar surface area (TPSA) is 61.0 Å². The number of halogens is 4. The van der Waals surface area contributed by atoms with Gasteiger partial charge in [0, 0.05) is 16.7 Å². The summed E-state index contributed by atoms with van der Waals surface area (Å²) >= 11 is 3.06. The van der Waals surface area contributed by atoms with E-state index in [1.807, 2.05) is 0 Å². The molecular formula is C10H5BrF3N3O2. The summed E-state index contributed by atoms with van der Waals surface area (Å²) in [5.41, 5.74) is -1.35. The van der Waals surface area contributed by atoms with Crippen LogP contribution in [0.2, 0.25) is 0 Å². The fourth-order valence-corrected chi connectivity index (χ4v) is 1.79. The van der Waals surface area contributed by atoms with Crippen molar-refractivity contribution in [2.75, 3.05) is 0 Å². The Labute approximate surface area is 112 Å². The lowest BCUT2D eigenvalue weighted by molar-refractivity contribution is -0.384. The number of aromatic nitrogens is 2. The highest BCUT2D eigenvalue weighted by Gasteiger charge is 2.32. The minimum absolute atomic E-state index is 0.0382. The molecule has 9 heteroatoms. The van der Waals surface area contributed by atoms with Gasteiger partial charge in [0.05, 0.1) is 16.7 Å². The van der Waals surface area contributed by atoms with Gasteiger partial charge in [0.15, 0.2) is 0 Å². The molecular weight excluding hydrogens is 331 g/mol. The minimum Gasteiger partial charge on any atom is -0.258 e. The van der Waals surface area contributed by atoms with Crippen LogP contribution >= 0.6 is 15.9 Å². The molecule has 0 N–H and O–H groups in total. The van der Waals surface area contributed by atoms with Crippen molar-refractivity contribution >= 4 is 21.6 Å². The zero-order valence-corrected chi connectivity index (χ0v) is 10.6. The number of nitrogens with zero attached hydrogens (tertiary/aromatic N) is 3. The maximum Gasteiger partial charge on any atom is 0.419 e. The van der Waals surface area contributed by atoms with Crippen molar-refractivity contribution in [1.29, 1.82) is 0 Å². The van der Waals surface area contributed by atoms with Crippen molar-refractivity contribution in [2.45, 2.75) is 6.18 Å². The summed E-state index contributed by atoms with van der Waals surface area (Å²) in [6.07, 6.45) is -3.22. The third kappa shape index (κ3) is 2.75. The Kier molecular flexibility index (Phi) is 3.31. The maximum atomic E-state index is 12.4. The fourth-order valence-electron chi connectivity index (χ4n) is 1.44. The molecule has 2 aromatic rings.